The normalized spacial score (nSPS) is 21.2. The lowest BCUT2D eigenvalue weighted by atomic mass is 9.77. The molecule has 9 nitrogen and oxygen atoms in total. The highest BCUT2D eigenvalue weighted by Gasteiger charge is 2.35. The molecule has 9 heteroatoms. The van der Waals surface area contributed by atoms with E-state index in [2.05, 4.69) is 44.4 Å². The molecule has 0 radical (unpaired) electrons. The maximum absolute atomic E-state index is 11.8. The van der Waals surface area contributed by atoms with E-state index in [9.17, 15) is 4.79 Å². The zero-order valence-electron chi connectivity index (χ0n) is 20.8. The summed E-state index contributed by atoms with van der Waals surface area (Å²) in [6.45, 7) is 8.42. The number of nitrogen functional groups attached to an aromatic ring is 1. The summed E-state index contributed by atoms with van der Waals surface area (Å²) in [4.78, 5) is 25.3. The van der Waals surface area contributed by atoms with Crippen molar-refractivity contribution in [3.05, 3.63) is 57.5 Å². The first kappa shape index (κ1) is 23.3. The summed E-state index contributed by atoms with van der Waals surface area (Å²) >= 11 is 0. The Morgan fingerprint density at radius 3 is 2.54 bits per heavy atom. The lowest BCUT2D eigenvalue weighted by Gasteiger charge is -2.32. The van der Waals surface area contributed by atoms with E-state index in [4.69, 9.17) is 15.5 Å². The third kappa shape index (κ3) is 4.47. The Labute approximate surface area is 204 Å². The number of nitrogens with one attached hydrogen (secondary N) is 1. The Morgan fingerprint density at radius 2 is 1.86 bits per heavy atom. The first-order chi connectivity index (χ1) is 16.7. The SMILES string of the molecule is CCn1c(C[C@H]2CC[C@H](c3ccc(C4=Nc5c(N)nc(C)nc5OC4(C)C)cc3)CC2)n[nH]c1=O. The van der Waals surface area contributed by atoms with Crippen molar-refractivity contribution >= 4 is 17.2 Å². The molecule has 0 atom stereocenters. The van der Waals surface area contributed by atoms with Gasteiger partial charge in [-0.05, 0) is 70.8 Å². The first-order valence-electron chi connectivity index (χ1n) is 12.4. The van der Waals surface area contributed by atoms with E-state index in [-0.39, 0.29) is 5.69 Å². The van der Waals surface area contributed by atoms with Crippen LogP contribution in [-0.2, 0) is 13.0 Å². The molecule has 3 heterocycles. The summed E-state index contributed by atoms with van der Waals surface area (Å²) in [7, 11) is 0. The Morgan fingerprint density at radius 1 is 1.14 bits per heavy atom. The number of anilines is 1. The molecule has 0 unspecified atom stereocenters. The van der Waals surface area contributed by atoms with Gasteiger partial charge in [0.15, 0.2) is 11.5 Å². The zero-order chi connectivity index (χ0) is 24.7. The third-order valence-corrected chi connectivity index (χ3v) is 7.26. The topological polar surface area (TPSA) is 124 Å². The summed E-state index contributed by atoms with van der Waals surface area (Å²) < 4.78 is 7.92. The van der Waals surface area contributed by atoms with Gasteiger partial charge in [-0.3, -0.25) is 4.57 Å². The number of hydrogen-bond acceptors (Lipinski definition) is 7. The quantitative estimate of drug-likeness (QED) is 0.573. The van der Waals surface area contributed by atoms with Crippen molar-refractivity contribution < 1.29 is 4.74 Å². The van der Waals surface area contributed by atoms with E-state index < -0.39 is 5.60 Å². The minimum atomic E-state index is -0.634. The maximum Gasteiger partial charge on any atom is 0.343 e. The average Bonchev–Trinajstić information content (AvgIpc) is 3.17. The Balaban J connectivity index is 1.29. The van der Waals surface area contributed by atoms with Crippen LogP contribution in [0.5, 0.6) is 5.88 Å². The lowest BCUT2D eigenvalue weighted by Crippen LogP contribution is -2.41. The number of hydrogen-bond donors (Lipinski definition) is 2. The molecule has 1 fully saturated rings. The Kier molecular flexibility index (Phi) is 5.94. The van der Waals surface area contributed by atoms with Crippen LogP contribution in [0.4, 0.5) is 11.5 Å². The molecule has 0 spiro atoms. The second-order valence-electron chi connectivity index (χ2n) is 10.1. The second-order valence-corrected chi connectivity index (χ2v) is 10.1. The molecular weight excluding hydrogens is 442 g/mol. The molecule has 35 heavy (non-hydrogen) atoms. The van der Waals surface area contributed by atoms with Crippen LogP contribution in [0.1, 0.15) is 75.1 Å². The van der Waals surface area contributed by atoms with Crippen LogP contribution in [0.25, 0.3) is 0 Å². The Bertz CT molecular complexity index is 1310. The molecule has 5 rings (SSSR count). The van der Waals surface area contributed by atoms with Gasteiger partial charge in [-0.15, -0.1) is 0 Å². The Hall–Kier alpha value is -3.49. The van der Waals surface area contributed by atoms with Crippen LogP contribution >= 0.6 is 0 Å². The number of nitrogens with zero attached hydrogens (tertiary/aromatic N) is 5. The van der Waals surface area contributed by atoms with E-state index in [1.54, 1.807) is 11.5 Å². The smallest absolute Gasteiger partial charge is 0.343 e. The van der Waals surface area contributed by atoms with Crippen molar-refractivity contribution in [2.24, 2.45) is 10.9 Å². The summed E-state index contributed by atoms with van der Waals surface area (Å²) in [6.07, 6.45) is 5.42. The molecule has 1 saturated carbocycles. The minimum Gasteiger partial charge on any atom is -0.463 e. The van der Waals surface area contributed by atoms with Crippen molar-refractivity contribution in [2.75, 3.05) is 5.73 Å². The van der Waals surface area contributed by atoms with Crippen LogP contribution < -0.4 is 16.2 Å². The van der Waals surface area contributed by atoms with E-state index >= 15 is 0 Å². The van der Waals surface area contributed by atoms with Crippen LogP contribution in [-0.4, -0.2) is 36.0 Å². The van der Waals surface area contributed by atoms with Gasteiger partial charge in [0.25, 0.3) is 0 Å². The number of aromatic nitrogens is 5. The maximum atomic E-state index is 11.8. The molecule has 0 saturated heterocycles. The third-order valence-electron chi connectivity index (χ3n) is 7.26. The number of H-pyrrole nitrogens is 1. The lowest BCUT2D eigenvalue weighted by molar-refractivity contribution is 0.171. The second kappa shape index (κ2) is 8.94. The number of rotatable bonds is 5. The molecule has 3 aromatic rings. The monoisotopic (exact) mass is 475 g/mol. The summed E-state index contributed by atoms with van der Waals surface area (Å²) in [6, 6.07) is 8.69. The highest BCUT2D eigenvalue weighted by molar-refractivity contribution is 6.09. The minimum absolute atomic E-state index is 0.110. The molecule has 2 aliphatic rings. The van der Waals surface area contributed by atoms with Crippen molar-refractivity contribution in [2.45, 2.75) is 77.9 Å². The number of benzene rings is 1. The van der Waals surface area contributed by atoms with E-state index in [0.717, 1.165) is 49.2 Å². The molecule has 3 N–H and O–H groups in total. The fourth-order valence-electron chi connectivity index (χ4n) is 5.39. The molecule has 184 valence electrons. The number of nitrogens with two attached hydrogens (primary N) is 1. The molecule has 1 aliphatic carbocycles. The van der Waals surface area contributed by atoms with Crippen LogP contribution in [0.3, 0.4) is 0 Å². The van der Waals surface area contributed by atoms with Crippen molar-refractivity contribution in [3.63, 3.8) is 0 Å². The molecule has 1 aliphatic heterocycles. The van der Waals surface area contributed by atoms with Crippen molar-refractivity contribution in [1.29, 1.82) is 0 Å². The molecule has 1 aromatic carbocycles. The van der Waals surface area contributed by atoms with Gasteiger partial charge >= 0.3 is 5.69 Å². The van der Waals surface area contributed by atoms with Gasteiger partial charge in [-0.2, -0.15) is 10.1 Å². The molecule has 2 aromatic heterocycles. The molecule has 0 amide bonds. The number of aromatic amines is 1. The molecular formula is C26H33N7O2. The van der Waals surface area contributed by atoms with E-state index in [1.807, 2.05) is 20.8 Å². The van der Waals surface area contributed by atoms with Crippen molar-refractivity contribution in [3.8, 4) is 5.88 Å². The average molecular weight is 476 g/mol. The predicted octanol–water partition coefficient (Wildman–Crippen LogP) is 4.08. The fourth-order valence-corrected chi connectivity index (χ4v) is 5.39. The summed E-state index contributed by atoms with van der Waals surface area (Å²) in [5, 5.41) is 6.82. The van der Waals surface area contributed by atoms with E-state index in [0.29, 0.717) is 41.6 Å². The van der Waals surface area contributed by atoms with Crippen LogP contribution in [0.15, 0.2) is 34.1 Å². The van der Waals surface area contributed by atoms with Gasteiger partial charge in [0.2, 0.25) is 5.88 Å². The van der Waals surface area contributed by atoms with E-state index in [1.165, 1.54) is 5.56 Å². The highest BCUT2D eigenvalue weighted by atomic mass is 16.5. The number of ether oxygens (including phenoxy) is 1. The van der Waals surface area contributed by atoms with Gasteiger partial charge < -0.3 is 10.5 Å². The summed E-state index contributed by atoms with van der Waals surface area (Å²) in [5.74, 6) is 3.32. The van der Waals surface area contributed by atoms with Gasteiger partial charge in [-0.1, -0.05) is 24.3 Å². The van der Waals surface area contributed by atoms with Gasteiger partial charge in [-0.25, -0.2) is 19.9 Å². The number of fused-ring (bicyclic) bond motifs is 1. The predicted molar refractivity (Wildman–Crippen MR) is 135 cm³/mol. The first-order valence-corrected chi connectivity index (χ1v) is 12.4. The number of aliphatic imine (C=N–C) groups is 1. The van der Waals surface area contributed by atoms with Gasteiger partial charge in [0.05, 0.1) is 5.71 Å². The largest absolute Gasteiger partial charge is 0.463 e. The zero-order valence-corrected chi connectivity index (χ0v) is 20.8. The van der Waals surface area contributed by atoms with Gasteiger partial charge in [0.1, 0.15) is 17.2 Å². The fraction of sp³-hybridized carbons (Fsp3) is 0.500. The van der Waals surface area contributed by atoms with Crippen LogP contribution in [0.2, 0.25) is 0 Å². The highest BCUT2D eigenvalue weighted by Crippen LogP contribution is 2.40. The standard InChI is InChI=1S/C26H33N7O2/c1-5-33-20(31-32-25(33)34)14-16-6-8-17(9-7-16)18-10-12-19(13-11-18)22-26(3,4)35-24-21(30-22)23(27)28-15(2)29-24/h10-13,16-17H,5-9,14H2,1-4H3,(H,32,34)(H2,27,28,29)/t16-,17-. The van der Waals surface area contributed by atoms with Crippen molar-refractivity contribution in [1.82, 2.24) is 24.7 Å². The molecule has 0 bridgehead atoms. The summed E-state index contributed by atoms with van der Waals surface area (Å²) in [5.41, 5.74) is 9.04. The van der Waals surface area contributed by atoms with Gasteiger partial charge in [0, 0.05) is 18.5 Å². The van der Waals surface area contributed by atoms with Crippen LogP contribution in [0, 0.1) is 12.8 Å². The number of aryl methyl sites for hydroxylation is 1.